The van der Waals surface area contributed by atoms with E-state index >= 15 is 0 Å². The molecule has 21 heavy (non-hydrogen) atoms. The first-order chi connectivity index (χ1) is 9.99. The molecule has 2 heterocycles. The van der Waals surface area contributed by atoms with Crippen LogP contribution >= 0.6 is 0 Å². The summed E-state index contributed by atoms with van der Waals surface area (Å²) in [4.78, 5) is 14.4. The molecular weight excluding hydrogens is 264 g/mol. The van der Waals surface area contributed by atoms with Crippen LogP contribution in [0, 0.1) is 0 Å². The van der Waals surface area contributed by atoms with Crippen LogP contribution in [-0.2, 0) is 4.79 Å². The molecule has 1 saturated heterocycles. The van der Waals surface area contributed by atoms with Crippen molar-refractivity contribution in [3.63, 3.8) is 0 Å². The lowest BCUT2D eigenvalue weighted by atomic mass is 9.93. The van der Waals surface area contributed by atoms with Gasteiger partial charge in [-0.15, -0.1) is 0 Å². The van der Waals surface area contributed by atoms with Gasteiger partial charge in [-0.05, 0) is 39.7 Å². The van der Waals surface area contributed by atoms with Crippen LogP contribution in [0.1, 0.15) is 45.2 Å². The number of rotatable bonds is 3. The van der Waals surface area contributed by atoms with Crippen molar-refractivity contribution in [2.75, 3.05) is 13.1 Å². The number of nitrogens with zero attached hydrogens (tertiary/aromatic N) is 1. The summed E-state index contributed by atoms with van der Waals surface area (Å²) < 4.78 is 6.03. The number of carbonyl (C=O) groups excluding carboxylic acids is 1. The number of fused-ring (bicyclic) bond motifs is 1. The number of hydrogen-bond acceptors (Lipinski definition) is 3. The average Bonchev–Trinajstić information content (AvgIpc) is 3.05. The summed E-state index contributed by atoms with van der Waals surface area (Å²) in [5.41, 5.74) is 0.798. The topological polar surface area (TPSA) is 41.6 Å². The second-order valence-electron chi connectivity index (χ2n) is 6.60. The molecule has 114 valence electrons. The SMILES string of the molecule is CC(NC1c2ccccc2OC1(C)C)C(=O)N1CCCC1. The van der Waals surface area contributed by atoms with Crippen LogP contribution in [0.15, 0.2) is 24.3 Å². The third-order valence-corrected chi connectivity index (χ3v) is 4.50. The van der Waals surface area contributed by atoms with E-state index < -0.39 is 0 Å². The van der Waals surface area contributed by atoms with E-state index in [0.717, 1.165) is 37.2 Å². The molecule has 1 amide bonds. The number of ether oxygens (including phenoxy) is 1. The Hall–Kier alpha value is -1.55. The molecule has 4 nitrogen and oxygen atoms in total. The zero-order valence-corrected chi connectivity index (χ0v) is 13.1. The van der Waals surface area contributed by atoms with Crippen molar-refractivity contribution in [2.24, 2.45) is 0 Å². The fraction of sp³-hybridized carbons (Fsp3) is 0.588. The quantitative estimate of drug-likeness (QED) is 0.929. The monoisotopic (exact) mass is 288 g/mol. The van der Waals surface area contributed by atoms with Gasteiger partial charge >= 0.3 is 0 Å². The molecule has 1 aromatic rings. The van der Waals surface area contributed by atoms with E-state index in [2.05, 4.69) is 25.2 Å². The van der Waals surface area contributed by atoms with Gasteiger partial charge in [0.2, 0.25) is 5.91 Å². The summed E-state index contributed by atoms with van der Waals surface area (Å²) >= 11 is 0. The predicted octanol–water partition coefficient (Wildman–Crippen LogP) is 2.50. The molecule has 1 fully saturated rings. The first-order valence-corrected chi connectivity index (χ1v) is 7.82. The van der Waals surface area contributed by atoms with Crippen LogP contribution in [0.25, 0.3) is 0 Å². The van der Waals surface area contributed by atoms with Crippen molar-refractivity contribution in [1.82, 2.24) is 10.2 Å². The van der Waals surface area contributed by atoms with Gasteiger partial charge in [-0.25, -0.2) is 0 Å². The zero-order chi connectivity index (χ0) is 15.0. The van der Waals surface area contributed by atoms with Crippen LogP contribution in [0.3, 0.4) is 0 Å². The number of hydrogen-bond donors (Lipinski definition) is 1. The van der Waals surface area contributed by atoms with Crippen molar-refractivity contribution in [3.05, 3.63) is 29.8 Å². The first-order valence-electron chi connectivity index (χ1n) is 7.82. The fourth-order valence-electron chi connectivity index (χ4n) is 3.35. The first kappa shape index (κ1) is 14.4. The molecule has 0 spiro atoms. The Bertz CT molecular complexity index is 535. The van der Waals surface area contributed by atoms with E-state index in [1.54, 1.807) is 0 Å². The lowest BCUT2D eigenvalue weighted by Gasteiger charge is -2.31. The van der Waals surface area contributed by atoms with Crippen molar-refractivity contribution < 1.29 is 9.53 Å². The van der Waals surface area contributed by atoms with Crippen LogP contribution in [0.2, 0.25) is 0 Å². The van der Waals surface area contributed by atoms with E-state index in [9.17, 15) is 4.79 Å². The second-order valence-corrected chi connectivity index (χ2v) is 6.60. The molecule has 3 rings (SSSR count). The molecule has 0 saturated carbocycles. The van der Waals surface area contributed by atoms with Gasteiger partial charge in [0, 0.05) is 18.7 Å². The molecule has 0 aliphatic carbocycles. The minimum absolute atomic E-state index is 0.0373. The standard InChI is InChI=1S/C17H24N2O2/c1-12(16(20)19-10-6-7-11-19)18-15-13-8-4-5-9-14(13)21-17(15,2)3/h4-5,8-9,12,15,18H,6-7,10-11H2,1-3H3. The highest BCUT2D eigenvalue weighted by atomic mass is 16.5. The Labute approximate surface area is 126 Å². The third-order valence-electron chi connectivity index (χ3n) is 4.50. The van der Waals surface area contributed by atoms with Gasteiger partial charge in [-0.1, -0.05) is 18.2 Å². The van der Waals surface area contributed by atoms with Gasteiger partial charge in [-0.2, -0.15) is 0 Å². The van der Waals surface area contributed by atoms with Crippen molar-refractivity contribution in [3.8, 4) is 5.75 Å². The Balaban J connectivity index is 1.75. The summed E-state index contributed by atoms with van der Waals surface area (Å²) in [5.74, 6) is 1.12. The number of nitrogens with one attached hydrogen (secondary N) is 1. The fourth-order valence-corrected chi connectivity index (χ4v) is 3.35. The normalized spacial score (nSPS) is 24.5. The number of carbonyl (C=O) groups is 1. The molecule has 4 heteroatoms. The van der Waals surface area contributed by atoms with Crippen LogP contribution < -0.4 is 10.1 Å². The summed E-state index contributed by atoms with van der Waals surface area (Å²) in [6, 6.07) is 7.92. The van der Waals surface area contributed by atoms with E-state index in [4.69, 9.17) is 4.74 Å². The molecule has 2 atom stereocenters. The largest absolute Gasteiger partial charge is 0.486 e. The summed E-state index contributed by atoms with van der Waals surface area (Å²) in [6.07, 6.45) is 2.25. The number of likely N-dealkylation sites (tertiary alicyclic amines) is 1. The Morgan fingerprint density at radius 3 is 2.71 bits per heavy atom. The summed E-state index contributed by atoms with van der Waals surface area (Å²) in [6.45, 7) is 7.88. The number of benzene rings is 1. The minimum Gasteiger partial charge on any atom is -0.486 e. The average molecular weight is 288 g/mol. The van der Waals surface area contributed by atoms with Crippen LogP contribution in [-0.4, -0.2) is 35.5 Å². The summed E-state index contributed by atoms with van der Waals surface area (Å²) in [5, 5.41) is 3.49. The second kappa shape index (κ2) is 5.34. The highest BCUT2D eigenvalue weighted by Crippen LogP contribution is 2.42. The molecule has 0 radical (unpaired) electrons. The molecule has 0 bridgehead atoms. The van der Waals surface area contributed by atoms with Gasteiger partial charge < -0.3 is 9.64 Å². The highest BCUT2D eigenvalue weighted by Gasteiger charge is 2.42. The van der Waals surface area contributed by atoms with Crippen molar-refractivity contribution in [1.29, 1.82) is 0 Å². The molecule has 0 aromatic heterocycles. The molecule has 2 unspecified atom stereocenters. The van der Waals surface area contributed by atoms with Crippen molar-refractivity contribution in [2.45, 2.75) is 51.3 Å². The zero-order valence-electron chi connectivity index (χ0n) is 13.1. The van der Waals surface area contributed by atoms with Crippen molar-refractivity contribution >= 4 is 5.91 Å². The molecule has 2 aliphatic rings. The molecule has 1 N–H and O–H groups in total. The highest BCUT2D eigenvalue weighted by molar-refractivity contribution is 5.81. The third kappa shape index (κ3) is 2.64. The molecule has 2 aliphatic heterocycles. The van der Waals surface area contributed by atoms with Crippen LogP contribution in [0.4, 0.5) is 0 Å². The van der Waals surface area contributed by atoms with Crippen LogP contribution in [0.5, 0.6) is 5.75 Å². The summed E-state index contributed by atoms with van der Waals surface area (Å²) in [7, 11) is 0. The van der Waals surface area contributed by atoms with Gasteiger partial charge in [0.05, 0.1) is 12.1 Å². The lowest BCUT2D eigenvalue weighted by molar-refractivity contribution is -0.132. The Kier molecular flexibility index (Phi) is 3.66. The van der Waals surface area contributed by atoms with Gasteiger partial charge in [0.1, 0.15) is 11.4 Å². The predicted molar refractivity (Wildman–Crippen MR) is 82.3 cm³/mol. The van der Waals surface area contributed by atoms with Gasteiger partial charge in [-0.3, -0.25) is 10.1 Å². The van der Waals surface area contributed by atoms with Gasteiger partial charge in [0.15, 0.2) is 0 Å². The maximum atomic E-state index is 12.5. The van der Waals surface area contributed by atoms with E-state index in [0.29, 0.717) is 0 Å². The maximum absolute atomic E-state index is 12.5. The lowest BCUT2D eigenvalue weighted by Crippen LogP contribution is -2.49. The van der Waals surface area contributed by atoms with Gasteiger partial charge in [0.25, 0.3) is 0 Å². The Morgan fingerprint density at radius 1 is 1.33 bits per heavy atom. The van der Waals surface area contributed by atoms with E-state index in [-0.39, 0.29) is 23.6 Å². The van der Waals surface area contributed by atoms with E-state index in [1.165, 1.54) is 0 Å². The minimum atomic E-state index is -0.344. The van der Waals surface area contributed by atoms with E-state index in [1.807, 2.05) is 30.0 Å². The Morgan fingerprint density at radius 2 is 2.00 bits per heavy atom. The smallest absolute Gasteiger partial charge is 0.239 e. The molecular formula is C17H24N2O2. The maximum Gasteiger partial charge on any atom is 0.239 e. The molecule has 1 aromatic carbocycles. The number of amides is 1. The number of para-hydroxylation sites is 1.